The van der Waals surface area contributed by atoms with Gasteiger partial charge in [-0.05, 0) is 13.0 Å². The summed E-state index contributed by atoms with van der Waals surface area (Å²) in [6.07, 6.45) is 0. The molecule has 21 heavy (non-hydrogen) atoms. The van der Waals surface area contributed by atoms with Crippen molar-refractivity contribution in [1.82, 2.24) is 9.78 Å². The van der Waals surface area contributed by atoms with Crippen molar-refractivity contribution in [2.45, 2.75) is 39.3 Å². The Balaban J connectivity index is 2.19. The predicted octanol–water partition coefficient (Wildman–Crippen LogP) is 3.80. The first kappa shape index (κ1) is 16.0. The number of hydrogen-bond acceptors (Lipinski definition) is 3. The van der Waals surface area contributed by atoms with Gasteiger partial charge in [0.25, 0.3) is 0 Å². The van der Waals surface area contributed by atoms with Crippen LogP contribution in [0.3, 0.4) is 0 Å². The Kier molecular flexibility index (Phi) is 4.68. The van der Waals surface area contributed by atoms with Crippen molar-refractivity contribution >= 4 is 19.0 Å². The Morgan fingerprint density at radius 2 is 2.00 bits per heavy atom. The SMILES string of the molecule is COc1cc(F)cc2c1c(C)nn2COCC[Si](C)(C)C. The van der Waals surface area contributed by atoms with Gasteiger partial charge in [0.2, 0.25) is 0 Å². The Bertz CT molecular complexity index is 635. The maximum Gasteiger partial charge on any atom is 0.140 e. The van der Waals surface area contributed by atoms with Gasteiger partial charge in [0.15, 0.2) is 0 Å². The third kappa shape index (κ3) is 3.82. The van der Waals surface area contributed by atoms with Crippen molar-refractivity contribution in [2.24, 2.45) is 0 Å². The van der Waals surface area contributed by atoms with E-state index in [0.29, 0.717) is 24.6 Å². The molecule has 6 heteroatoms. The largest absolute Gasteiger partial charge is 0.496 e. The molecule has 0 N–H and O–H groups in total. The van der Waals surface area contributed by atoms with Crippen LogP contribution in [0, 0.1) is 12.7 Å². The zero-order valence-electron chi connectivity index (χ0n) is 13.4. The van der Waals surface area contributed by atoms with Gasteiger partial charge in [0.05, 0.1) is 23.7 Å². The summed E-state index contributed by atoms with van der Waals surface area (Å²) < 4.78 is 26.3. The van der Waals surface area contributed by atoms with Gasteiger partial charge in [-0.25, -0.2) is 9.07 Å². The smallest absolute Gasteiger partial charge is 0.140 e. The van der Waals surface area contributed by atoms with Crippen molar-refractivity contribution in [3.8, 4) is 5.75 Å². The Labute approximate surface area is 125 Å². The monoisotopic (exact) mass is 310 g/mol. The molecule has 1 aromatic carbocycles. The van der Waals surface area contributed by atoms with Crippen LogP contribution >= 0.6 is 0 Å². The van der Waals surface area contributed by atoms with Crippen molar-refractivity contribution < 1.29 is 13.9 Å². The normalized spacial score (nSPS) is 12.1. The highest BCUT2D eigenvalue weighted by molar-refractivity contribution is 6.76. The van der Waals surface area contributed by atoms with Crippen molar-refractivity contribution in [2.75, 3.05) is 13.7 Å². The summed E-state index contributed by atoms with van der Waals surface area (Å²) >= 11 is 0. The number of aryl methyl sites for hydroxylation is 1. The minimum Gasteiger partial charge on any atom is -0.496 e. The van der Waals surface area contributed by atoms with E-state index in [1.165, 1.54) is 19.2 Å². The number of rotatable bonds is 6. The maximum atomic E-state index is 13.7. The average Bonchev–Trinajstić information content (AvgIpc) is 2.69. The van der Waals surface area contributed by atoms with E-state index in [4.69, 9.17) is 9.47 Å². The Morgan fingerprint density at radius 1 is 1.29 bits per heavy atom. The van der Waals surface area contributed by atoms with Gasteiger partial charge in [-0.1, -0.05) is 19.6 Å². The second-order valence-electron chi connectivity index (χ2n) is 6.44. The molecular formula is C15H23FN2O2Si. The van der Waals surface area contributed by atoms with Crippen LogP contribution in [0.2, 0.25) is 25.7 Å². The number of ether oxygens (including phenoxy) is 2. The topological polar surface area (TPSA) is 36.3 Å². The highest BCUT2D eigenvalue weighted by atomic mass is 28.3. The molecule has 0 aliphatic heterocycles. The summed E-state index contributed by atoms with van der Waals surface area (Å²) in [6, 6.07) is 3.95. The van der Waals surface area contributed by atoms with Gasteiger partial charge in [0.1, 0.15) is 18.3 Å². The van der Waals surface area contributed by atoms with Crippen LogP contribution in [0.1, 0.15) is 5.69 Å². The molecule has 0 aliphatic rings. The second kappa shape index (κ2) is 6.15. The fourth-order valence-electron chi connectivity index (χ4n) is 2.21. The molecule has 0 bridgehead atoms. The maximum absolute atomic E-state index is 13.7. The molecule has 1 aromatic heterocycles. The fourth-order valence-corrected chi connectivity index (χ4v) is 2.97. The average molecular weight is 310 g/mol. The molecule has 0 fully saturated rings. The lowest BCUT2D eigenvalue weighted by Crippen LogP contribution is -2.22. The summed E-state index contributed by atoms with van der Waals surface area (Å²) in [4.78, 5) is 0. The molecule has 2 rings (SSSR count). The quantitative estimate of drug-likeness (QED) is 0.601. The van der Waals surface area contributed by atoms with E-state index in [9.17, 15) is 4.39 Å². The third-order valence-electron chi connectivity index (χ3n) is 3.39. The van der Waals surface area contributed by atoms with Crippen LogP contribution < -0.4 is 4.74 Å². The molecule has 1 heterocycles. The number of hydrogen-bond donors (Lipinski definition) is 0. The van der Waals surface area contributed by atoms with E-state index in [2.05, 4.69) is 24.7 Å². The molecule has 0 aliphatic carbocycles. The summed E-state index contributed by atoms with van der Waals surface area (Å²) in [5, 5.41) is 5.27. The summed E-state index contributed by atoms with van der Waals surface area (Å²) in [6.45, 7) is 9.86. The number of aromatic nitrogens is 2. The minimum atomic E-state index is -1.10. The molecule has 4 nitrogen and oxygen atoms in total. The zero-order valence-corrected chi connectivity index (χ0v) is 14.4. The number of methoxy groups -OCH3 is 1. The highest BCUT2D eigenvalue weighted by Crippen LogP contribution is 2.29. The second-order valence-corrected chi connectivity index (χ2v) is 12.1. The lowest BCUT2D eigenvalue weighted by Gasteiger charge is -2.15. The van der Waals surface area contributed by atoms with Crippen LogP contribution in [0.5, 0.6) is 5.75 Å². The third-order valence-corrected chi connectivity index (χ3v) is 5.09. The van der Waals surface area contributed by atoms with Gasteiger partial charge in [-0.15, -0.1) is 0 Å². The van der Waals surface area contributed by atoms with Gasteiger partial charge < -0.3 is 9.47 Å². The van der Waals surface area contributed by atoms with Crippen molar-refractivity contribution in [1.29, 1.82) is 0 Å². The molecule has 0 amide bonds. The van der Waals surface area contributed by atoms with E-state index < -0.39 is 8.07 Å². The van der Waals surface area contributed by atoms with E-state index in [1.54, 1.807) is 4.68 Å². The molecule has 0 spiro atoms. The van der Waals surface area contributed by atoms with E-state index >= 15 is 0 Å². The Hall–Kier alpha value is -1.40. The first-order valence-corrected chi connectivity index (χ1v) is 10.8. The molecule has 0 atom stereocenters. The predicted molar refractivity (Wildman–Crippen MR) is 85.1 cm³/mol. The van der Waals surface area contributed by atoms with Crippen LogP contribution in [0.25, 0.3) is 10.9 Å². The van der Waals surface area contributed by atoms with E-state index in [-0.39, 0.29) is 5.82 Å². The summed E-state index contributed by atoms with van der Waals surface area (Å²) in [5.41, 5.74) is 1.52. The standard InChI is InChI=1S/C15H23FN2O2Si/c1-11-15-13(8-12(16)9-14(15)19-2)18(17-11)10-20-6-7-21(3,4)5/h8-9H,6-7,10H2,1-5H3. The molecular weight excluding hydrogens is 287 g/mol. The van der Waals surface area contributed by atoms with Gasteiger partial charge in [0, 0.05) is 26.8 Å². The lowest BCUT2D eigenvalue weighted by atomic mass is 10.2. The number of halogens is 1. The number of fused-ring (bicyclic) bond motifs is 1. The molecule has 2 aromatic rings. The van der Waals surface area contributed by atoms with Crippen molar-refractivity contribution in [3.63, 3.8) is 0 Å². The van der Waals surface area contributed by atoms with Gasteiger partial charge >= 0.3 is 0 Å². The van der Waals surface area contributed by atoms with E-state index in [0.717, 1.165) is 17.1 Å². The van der Waals surface area contributed by atoms with Crippen LogP contribution in [0.4, 0.5) is 4.39 Å². The van der Waals surface area contributed by atoms with Crippen LogP contribution in [0.15, 0.2) is 12.1 Å². The van der Waals surface area contributed by atoms with E-state index in [1.807, 2.05) is 6.92 Å². The molecule has 0 radical (unpaired) electrons. The lowest BCUT2D eigenvalue weighted by molar-refractivity contribution is 0.0814. The Morgan fingerprint density at radius 3 is 2.62 bits per heavy atom. The minimum absolute atomic E-state index is 0.331. The van der Waals surface area contributed by atoms with Gasteiger partial charge in [-0.3, -0.25) is 0 Å². The summed E-state index contributed by atoms with van der Waals surface area (Å²) in [5.74, 6) is 0.179. The number of benzene rings is 1. The fraction of sp³-hybridized carbons (Fsp3) is 0.533. The van der Waals surface area contributed by atoms with Crippen LogP contribution in [-0.2, 0) is 11.5 Å². The highest BCUT2D eigenvalue weighted by Gasteiger charge is 2.15. The zero-order chi connectivity index (χ0) is 15.6. The summed E-state index contributed by atoms with van der Waals surface area (Å²) in [7, 11) is 0.435. The molecule has 116 valence electrons. The number of nitrogens with zero attached hydrogens (tertiary/aromatic N) is 2. The molecule has 0 saturated carbocycles. The van der Waals surface area contributed by atoms with Crippen LogP contribution in [-0.4, -0.2) is 31.6 Å². The first-order valence-electron chi connectivity index (χ1n) is 7.10. The van der Waals surface area contributed by atoms with Gasteiger partial charge in [-0.2, -0.15) is 5.10 Å². The molecule has 0 saturated heterocycles. The first-order chi connectivity index (χ1) is 9.81. The van der Waals surface area contributed by atoms with Crippen molar-refractivity contribution in [3.05, 3.63) is 23.6 Å². The molecule has 0 unspecified atom stereocenters.